The zero-order valence-corrected chi connectivity index (χ0v) is 12.5. The zero-order valence-electron chi connectivity index (χ0n) is 12.5. The molecule has 108 valence electrons. The minimum absolute atomic E-state index is 0.209. The highest BCUT2D eigenvalue weighted by Crippen LogP contribution is 2.20. The number of hydrogen-bond donors (Lipinski definition) is 1. The molecular formula is C14H22N6. The van der Waals surface area contributed by atoms with Crippen LogP contribution in [0.25, 0.3) is 0 Å². The van der Waals surface area contributed by atoms with Crippen LogP contribution in [0.15, 0.2) is 24.3 Å². The van der Waals surface area contributed by atoms with Crippen LogP contribution < -0.4 is 10.2 Å². The molecule has 6 heteroatoms. The Kier molecular flexibility index (Phi) is 4.68. The monoisotopic (exact) mass is 274 g/mol. The molecule has 6 nitrogen and oxygen atoms in total. The SMILES string of the molecule is CCNC(Cc1nnn(C)n1)c1ccc(N(C)C)cc1. The van der Waals surface area contributed by atoms with Crippen molar-refractivity contribution in [3.05, 3.63) is 35.7 Å². The van der Waals surface area contributed by atoms with Crippen molar-refractivity contribution in [1.29, 1.82) is 0 Å². The van der Waals surface area contributed by atoms with Crippen LogP contribution in [0, 0.1) is 0 Å². The van der Waals surface area contributed by atoms with Gasteiger partial charge < -0.3 is 10.2 Å². The summed E-state index contributed by atoms with van der Waals surface area (Å²) in [5.41, 5.74) is 2.44. The predicted molar refractivity (Wildman–Crippen MR) is 79.7 cm³/mol. The third kappa shape index (κ3) is 3.54. The van der Waals surface area contributed by atoms with E-state index < -0.39 is 0 Å². The standard InChI is InChI=1S/C14H22N6/c1-5-15-13(10-14-16-18-20(4)17-14)11-6-8-12(9-7-11)19(2)3/h6-9,13,15H,5,10H2,1-4H3. The van der Waals surface area contributed by atoms with E-state index in [0.29, 0.717) is 0 Å². The van der Waals surface area contributed by atoms with Crippen molar-refractivity contribution in [1.82, 2.24) is 25.5 Å². The molecule has 20 heavy (non-hydrogen) atoms. The Morgan fingerprint density at radius 2 is 1.95 bits per heavy atom. The number of rotatable bonds is 6. The van der Waals surface area contributed by atoms with E-state index >= 15 is 0 Å². The van der Waals surface area contributed by atoms with Crippen molar-refractivity contribution >= 4 is 5.69 Å². The molecule has 2 rings (SSSR count). The first kappa shape index (κ1) is 14.5. The van der Waals surface area contributed by atoms with E-state index in [1.165, 1.54) is 16.0 Å². The number of benzene rings is 1. The molecular weight excluding hydrogens is 252 g/mol. The number of nitrogens with zero attached hydrogens (tertiary/aromatic N) is 5. The Morgan fingerprint density at radius 1 is 1.25 bits per heavy atom. The Bertz CT molecular complexity index is 531. The number of tetrazole rings is 1. The van der Waals surface area contributed by atoms with Crippen LogP contribution >= 0.6 is 0 Å². The van der Waals surface area contributed by atoms with E-state index in [4.69, 9.17) is 0 Å². The number of anilines is 1. The average Bonchev–Trinajstić information content (AvgIpc) is 2.84. The van der Waals surface area contributed by atoms with Crippen LogP contribution in [-0.2, 0) is 13.5 Å². The van der Waals surface area contributed by atoms with Crippen molar-refractivity contribution in [2.24, 2.45) is 7.05 Å². The summed E-state index contributed by atoms with van der Waals surface area (Å²) in [5.74, 6) is 0.759. The van der Waals surface area contributed by atoms with Crippen molar-refractivity contribution in [3.8, 4) is 0 Å². The van der Waals surface area contributed by atoms with Crippen LogP contribution in [0.3, 0.4) is 0 Å². The quantitative estimate of drug-likeness (QED) is 0.857. The Morgan fingerprint density at radius 3 is 2.45 bits per heavy atom. The first-order valence-electron chi connectivity index (χ1n) is 6.83. The molecule has 0 spiro atoms. The van der Waals surface area contributed by atoms with Crippen molar-refractivity contribution in [3.63, 3.8) is 0 Å². The lowest BCUT2D eigenvalue weighted by atomic mass is 10.0. The van der Waals surface area contributed by atoms with Crippen molar-refractivity contribution in [2.45, 2.75) is 19.4 Å². The first-order chi connectivity index (χ1) is 9.60. The molecule has 0 amide bonds. The van der Waals surface area contributed by atoms with Crippen molar-refractivity contribution in [2.75, 3.05) is 25.5 Å². The fraction of sp³-hybridized carbons (Fsp3) is 0.500. The van der Waals surface area contributed by atoms with E-state index in [9.17, 15) is 0 Å². The van der Waals surface area contributed by atoms with Gasteiger partial charge in [0, 0.05) is 32.2 Å². The van der Waals surface area contributed by atoms with Gasteiger partial charge in [0.15, 0.2) is 5.82 Å². The lowest BCUT2D eigenvalue weighted by molar-refractivity contribution is 0.535. The fourth-order valence-corrected chi connectivity index (χ4v) is 2.15. The molecule has 1 N–H and O–H groups in total. The molecule has 0 radical (unpaired) electrons. The summed E-state index contributed by atoms with van der Waals surface area (Å²) in [4.78, 5) is 3.59. The molecule has 2 aromatic rings. The number of likely N-dealkylation sites (N-methyl/N-ethyl adjacent to an activating group) is 1. The van der Waals surface area contributed by atoms with Crippen LogP contribution in [0.1, 0.15) is 24.4 Å². The highest BCUT2D eigenvalue weighted by molar-refractivity contribution is 5.46. The third-order valence-electron chi connectivity index (χ3n) is 3.20. The van der Waals surface area contributed by atoms with Gasteiger partial charge in [-0.2, -0.15) is 4.80 Å². The van der Waals surface area contributed by atoms with E-state index in [1.807, 2.05) is 14.1 Å². The van der Waals surface area contributed by atoms with Crippen LogP contribution in [0.4, 0.5) is 5.69 Å². The molecule has 0 aliphatic rings. The van der Waals surface area contributed by atoms with Gasteiger partial charge in [-0.15, -0.1) is 10.2 Å². The van der Waals surface area contributed by atoms with E-state index in [0.717, 1.165) is 18.8 Å². The molecule has 1 aromatic carbocycles. The number of hydrogen-bond acceptors (Lipinski definition) is 5. The topological polar surface area (TPSA) is 58.9 Å². The second-order valence-electron chi connectivity index (χ2n) is 5.00. The molecule has 0 saturated carbocycles. The summed E-state index contributed by atoms with van der Waals surface area (Å²) in [7, 11) is 5.87. The molecule has 1 heterocycles. The minimum atomic E-state index is 0.209. The summed E-state index contributed by atoms with van der Waals surface area (Å²) < 4.78 is 0. The average molecular weight is 274 g/mol. The Hall–Kier alpha value is -1.95. The largest absolute Gasteiger partial charge is 0.378 e. The lowest BCUT2D eigenvalue weighted by Crippen LogP contribution is -2.23. The smallest absolute Gasteiger partial charge is 0.176 e. The summed E-state index contributed by atoms with van der Waals surface area (Å²) >= 11 is 0. The second-order valence-corrected chi connectivity index (χ2v) is 5.00. The highest BCUT2D eigenvalue weighted by atomic mass is 15.6. The highest BCUT2D eigenvalue weighted by Gasteiger charge is 2.14. The molecule has 1 aromatic heterocycles. The van der Waals surface area contributed by atoms with Gasteiger partial charge in [0.2, 0.25) is 0 Å². The summed E-state index contributed by atoms with van der Waals surface area (Å²) in [5, 5.41) is 15.7. The van der Waals surface area contributed by atoms with Crippen LogP contribution in [0.5, 0.6) is 0 Å². The zero-order chi connectivity index (χ0) is 14.5. The summed E-state index contributed by atoms with van der Waals surface area (Å²) in [6.45, 7) is 3.01. The number of aromatic nitrogens is 4. The fourth-order valence-electron chi connectivity index (χ4n) is 2.15. The van der Waals surface area contributed by atoms with E-state index in [1.54, 1.807) is 7.05 Å². The Labute approximate surface area is 119 Å². The summed E-state index contributed by atoms with van der Waals surface area (Å²) in [6.07, 6.45) is 0.739. The Balaban J connectivity index is 2.15. The molecule has 0 bridgehead atoms. The third-order valence-corrected chi connectivity index (χ3v) is 3.20. The maximum atomic E-state index is 4.25. The van der Waals surface area contributed by atoms with Gasteiger partial charge in [-0.25, -0.2) is 0 Å². The minimum Gasteiger partial charge on any atom is -0.378 e. The van der Waals surface area contributed by atoms with Gasteiger partial charge in [-0.05, 0) is 29.5 Å². The maximum absolute atomic E-state index is 4.25. The van der Waals surface area contributed by atoms with Crippen LogP contribution in [-0.4, -0.2) is 40.8 Å². The van der Waals surface area contributed by atoms with Gasteiger partial charge in [0.05, 0.1) is 7.05 Å². The molecule has 0 aliphatic carbocycles. The second kappa shape index (κ2) is 6.47. The molecule has 0 fully saturated rings. The van der Waals surface area contributed by atoms with Gasteiger partial charge in [-0.3, -0.25) is 0 Å². The molecule has 1 unspecified atom stereocenters. The van der Waals surface area contributed by atoms with Gasteiger partial charge in [0.25, 0.3) is 0 Å². The lowest BCUT2D eigenvalue weighted by Gasteiger charge is -2.18. The predicted octanol–water partition coefficient (Wildman–Crippen LogP) is 1.17. The van der Waals surface area contributed by atoms with Gasteiger partial charge in [-0.1, -0.05) is 19.1 Å². The number of nitrogens with one attached hydrogen (secondary N) is 1. The first-order valence-corrected chi connectivity index (χ1v) is 6.83. The number of aryl methyl sites for hydroxylation is 1. The molecule has 1 atom stereocenters. The van der Waals surface area contributed by atoms with E-state index in [-0.39, 0.29) is 6.04 Å². The summed E-state index contributed by atoms with van der Waals surface area (Å²) in [6, 6.07) is 8.77. The molecule has 0 aliphatic heterocycles. The van der Waals surface area contributed by atoms with Crippen LogP contribution in [0.2, 0.25) is 0 Å². The van der Waals surface area contributed by atoms with Gasteiger partial charge >= 0.3 is 0 Å². The van der Waals surface area contributed by atoms with E-state index in [2.05, 4.69) is 56.8 Å². The maximum Gasteiger partial charge on any atom is 0.176 e. The van der Waals surface area contributed by atoms with Gasteiger partial charge in [0.1, 0.15) is 0 Å². The normalized spacial score (nSPS) is 12.4. The molecule has 0 saturated heterocycles. The van der Waals surface area contributed by atoms with Crippen molar-refractivity contribution < 1.29 is 0 Å².